The smallest absolute Gasteiger partial charge is 0.133 e. The SMILES string of the molecule is Br.Cc1cc(C)c(N2Cc3ccccc3C2=N)c(C)c1. The van der Waals surface area contributed by atoms with Crippen LogP contribution in [0.1, 0.15) is 27.8 Å². The molecule has 0 amide bonds. The summed E-state index contributed by atoms with van der Waals surface area (Å²) in [5.74, 6) is 0.616. The van der Waals surface area contributed by atoms with Gasteiger partial charge in [-0.25, -0.2) is 0 Å². The Morgan fingerprint density at radius 3 is 2.20 bits per heavy atom. The van der Waals surface area contributed by atoms with Crippen molar-refractivity contribution < 1.29 is 0 Å². The van der Waals surface area contributed by atoms with Gasteiger partial charge in [0.1, 0.15) is 5.84 Å². The van der Waals surface area contributed by atoms with Gasteiger partial charge in [-0.15, -0.1) is 17.0 Å². The fourth-order valence-corrected chi connectivity index (χ4v) is 3.07. The number of halogens is 1. The Morgan fingerprint density at radius 1 is 1.00 bits per heavy atom. The highest BCUT2D eigenvalue weighted by molar-refractivity contribution is 8.93. The van der Waals surface area contributed by atoms with Crippen molar-refractivity contribution in [3.8, 4) is 0 Å². The van der Waals surface area contributed by atoms with E-state index in [2.05, 4.69) is 43.9 Å². The first-order valence-electron chi connectivity index (χ1n) is 6.60. The molecule has 0 aliphatic carbocycles. The van der Waals surface area contributed by atoms with Crippen molar-refractivity contribution in [3.63, 3.8) is 0 Å². The number of fused-ring (bicyclic) bond motifs is 1. The molecule has 2 aromatic carbocycles. The fraction of sp³-hybridized carbons (Fsp3) is 0.235. The van der Waals surface area contributed by atoms with Crippen molar-refractivity contribution in [2.45, 2.75) is 27.3 Å². The van der Waals surface area contributed by atoms with Crippen LogP contribution in [-0.4, -0.2) is 5.84 Å². The first kappa shape index (κ1) is 14.8. The molecule has 0 atom stereocenters. The number of hydrogen-bond donors (Lipinski definition) is 1. The van der Waals surface area contributed by atoms with Crippen LogP contribution in [0, 0.1) is 26.2 Å². The first-order chi connectivity index (χ1) is 9.08. The third kappa shape index (κ3) is 2.27. The van der Waals surface area contributed by atoms with Gasteiger partial charge in [-0.3, -0.25) is 5.41 Å². The van der Waals surface area contributed by atoms with Crippen LogP contribution in [0.4, 0.5) is 5.69 Å². The maximum absolute atomic E-state index is 8.40. The minimum atomic E-state index is 0. The highest BCUT2D eigenvalue weighted by atomic mass is 79.9. The molecule has 0 radical (unpaired) electrons. The third-order valence-electron chi connectivity index (χ3n) is 3.78. The number of benzene rings is 2. The summed E-state index contributed by atoms with van der Waals surface area (Å²) in [7, 11) is 0. The van der Waals surface area contributed by atoms with Crippen LogP contribution in [0.5, 0.6) is 0 Å². The summed E-state index contributed by atoms with van der Waals surface area (Å²) in [6.45, 7) is 7.19. The Balaban J connectivity index is 0.00000147. The lowest BCUT2D eigenvalue weighted by Gasteiger charge is -2.23. The van der Waals surface area contributed by atoms with Gasteiger partial charge in [0.2, 0.25) is 0 Å². The lowest BCUT2D eigenvalue weighted by atomic mass is 10.0. The zero-order valence-electron chi connectivity index (χ0n) is 12.0. The number of nitrogens with one attached hydrogen (secondary N) is 1. The highest BCUT2D eigenvalue weighted by Crippen LogP contribution is 2.33. The lowest BCUT2D eigenvalue weighted by molar-refractivity contribution is 1.03. The van der Waals surface area contributed by atoms with E-state index in [0.717, 1.165) is 12.1 Å². The van der Waals surface area contributed by atoms with E-state index in [1.54, 1.807) is 0 Å². The van der Waals surface area contributed by atoms with E-state index < -0.39 is 0 Å². The zero-order chi connectivity index (χ0) is 13.6. The quantitative estimate of drug-likeness (QED) is 0.816. The monoisotopic (exact) mass is 330 g/mol. The van der Waals surface area contributed by atoms with Crippen LogP contribution in [0.25, 0.3) is 0 Å². The molecule has 0 aromatic heterocycles. The topological polar surface area (TPSA) is 27.1 Å². The average Bonchev–Trinajstić information content (AvgIpc) is 2.66. The summed E-state index contributed by atoms with van der Waals surface area (Å²) in [6.07, 6.45) is 0. The van der Waals surface area contributed by atoms with Crippen LogP contribution in [-0.2, 0) is 6.54 Å². The van der Waals surface area contributed by atoms with Crippen molar-refractivity contribution in [1.82, 2.24) is 0 Å². The Hall–Kier alpha value is -1.61. The molecule has 1 aliphatic rings. The van der Waals surface area contributed by atoms with Gasteiger partial charge < -0.3 is 4.90 Å². The normalized spacial score (nSPS) is 13.2. The van der Waals surface area contributed by atoms with Gasteiger partial charge in [0.25, 0.3) is 0 Å². The summed E-state index contributed by atoms with van der Waals surface area (Å²) in [5, 5.41) is 8.40. The third-order valence-corrected chi connectivity index (χ3v) is 3.78. The Kier molecular flexibility index (Phi) is 4.00. The molecule has 3 heteroatoms. The van der Waals surface area contributed by atoms with Crippen LogP contribution in [0.3, 0.4) is 0 Å². The largest absolute Gasteiger partial charge is 0.321 e. The number of aryl methyl sites for hydroxylation is 3. The highest BCUT2D eigenvalue weighted by Gasteiger charge is 2.26. The minimum Gasteiger partial charge on any atom is -0.321 e. The minimum absolute atomic E-state index is 0. The number of anilines is 1. The molecule has 0 bridgehead atoms. The van der Waals surface area contributed by atoms with E-state index in [9.17, 15) is 0 Å². The molecule has 1 heterocycles. The molecular formula is C17H19BrN2. The second kappa shape index (κ2) is 5.41. The molecule has 0 saturated heterocycles. The Morgan fingerprint density at radius 2 is 1.60 bits per heavy atom. The molecule has 0 saturated carbocycles. The van der Waals surface area contributed by atoms with Crippen molar-refractivity contribution in [2.24, 2.45) is 0 Å². The average molecular weight is 331 g/mol. The molecule has 2 aromatic rings. The molecule has 0 unspecified atom stereocenters. The fourth-order valence-electron chi connectivity index (χ4n) is 3.07. The van der Waals surface area contributed by atoms with E-state index >= 15 is 0 Å². The van der Waals surface area contributed by atoms with E-state index in [0.29, 0.717) is 5.84 Å². The molecule has 3 rings (SSSR count). The van der Waals surface area contributed by atoms with Crippen molar-refractivity contribution in [1.29, 1.82) is 5.41 Å². The molecular weight excluding hydrogens is 312 g/mol. The van der Waals surface area contributed by atoms with Crippen LogP contribution >= 0.6 is 17.0 Å². The summed E-state index contributed by atoms with van der Waals surface area (Å²) in [4.78, 5) is 2.12. The summed E-state index contributed by atoms with van der Waals surface area (Å²) in [5.41, 5.74) is 7.26. The van der Waals surface area contributed by atoms with E-state index in [4.69, 9.17) is 5.41 Å². The summed E-state index contributed by atoms with van der Waals surface area (Å²) >= 11 is 0. The van der Waals surface area contributed by atoms with Gasteiger partial charge in [0.15, 0.2) is 0 Å². The Labute approximate surface area is 130 Å². The molecule has 1 aliphatic heterocycles. The van der Waals surface area contributed by atoms with Gasteiger partial charge in [-0.05, 0) is 37.5 Å². The van der Waals surface area contributed by atoms with Crippen molar-refractivity contribution >= 4 is 28.5 Å². The van der Waals surface area contributed by atoms with Gasteiger partial charge in [-0.2, -0.15) is 0 Å². The molecule has 104 valence electrons. The first-order valence-corrected chi connectivity index (χ1v) is 6.60. The van der Waals surface area contributed by atoms with Gasteiger partial charge in [0.05, 0.1) is 6.54 Å². The number of hydrogen-bond acceptors (Lipinski definition) is 1. The van der Waals surface area contributed by atoms with Gasteiger partial charge in [-0.1, -0.05) is 42.0 Å². The lowest BCUT2D eigenvalue weighted by Crippen LogP contribution is -2.24. The number of rotatable bonds is 1. The van der Waals surface area contributed by atoms with Crippen LogP contribution in [0.2, 0.25) is 0 Å². The molecule has 2 nitrogen and oxygen atoms in total. The second-order valence-electron chi connectivity index (χ2n) is 5.34. The van der Waals surface area contributed by atoms with E-state index in [1.165, 1.54) is 27.9 Å². The molecule has 0 spiro atoms. The summed E-state index contributed by atoms with van der Waals surface area (Å²) < 4.78 is 0. The molecule has 1 N–H and O–H groups in total. The van der Waals surface area contributed by atoms with E-state index in [-0.39, 0.29) is 17.0 Å². The van der Waals surface area contributed by atoms with Gasteiger partial charge in [0, 0.05) is 11.3 Å². The number of amidine groups is 1. The van der Waals surface area contributed by atoms with Crippen molar-refractivity contribution in [3.05, 3.63) is 64.2 Å². The van der Waals surface area contributed by atoms with E-state index in [1.807, 2.05) is 18.2 Å². The van der Waals surface area contributed by atoms with Crippen LogP contribution < -0.4 is 4.90 Å². The predicted octanol–water partition coefficient (Wildman–Crippen LogP) is 4.54. The maximum atomic E-state index is 8.40. The summed E-state index contributed by atoms with van der Waals surface area (Å²) in [6, 6.07) is 12.6. The standard InChI is InChI=1S/C17H18N2.BrH/c1-11-8-12(2)16(13(3)9-11)19-10-14-6-4-5-7-15(14)17(19)18;/h4-9,18H,10H2,1-3H3;1H. The molecule has 20 heavy (non-hydrogen) atoms. The van der Waals surface area contributed by atoms with Crippen molar-refractivity contribution in [2.75, 3.05) is 4.90 Å². The maximum Gasteiger partial charge on any atom is 0.133 e. The Bertz CT molecular complexity index is 653. The number of nitrogens with zero attached hydrogens (tertiary/aromatic N) is 1. The van der Waals surface area contributed by atoms with Gasteiger partial charge >= 0.3 is 0 Å². The predicted molar refractivity (Wildman–Crippen MR) is 90.4 cm³/mol. The molecule has 0 fully saturated rings. The zero-order valence-corrected chi connectivity index (χ0v) is 13.7. The van der Waals surface area contributed by atoms with Crippen LogP contribution in [0.15, 0.2) is 36.4 Å². The second-order valence-corrected chi connectivity index (χ2v) is 5.34.